The van der Waals surface area contributed by atoms with Gasteiger partial charge in [0.25, 0.3) is 0 Å². The zero-order valence-corrected chi connectivity index (χ0v) is 7.86. The van der Waals surface area contributed by atoms with Gasteiger partial charge in [0.05, 0.1) is 7.11 Å². The maximum atomic E-state index is 11.1. The second-order valence-corrected chi connectivity index (χ2v) is 3.47. The van der Waals surface area contributed by atoms with Crippen LogP contribution in [0.4, 0.5) is 0 Å². The van der Waals surface area contributed by atoms with E-state index in [1.807, 2.05) is 0 Å². The fourth-order valence-corrected chi connectivity index (χ4v) is 1.89. The summed E-state index contributed by atoms with van der Waals surface area (Å²) in [7, 11) is 1.29. The van der Waals surface area contributed by atoms with Crippen molar-refractivity contribution in [3.8, 4) is 0 Å². The molecule has 1 unspecified atom stereocenters. The molecule has 0 N–H and O–H groups in total. The van der Waals surface area contributed by atoms with E-state index in [0.717, 1.165) is 25.7 Å². The molecule has 1 fully saturated rings. The van der Waals surface area contributed by atoms with E-state index in [1.165, 1.54) is 13.5 Å². The fraction of sp³-hybridized carbons (Fsp3) is 0.889. The molecule has 74 valence electrons. The van der Waals surface area contributed by atoms with Crippen LogP contribution in [0.1, 0.15) is 32.1 Å². The zero-order valence-electron chi connectivity index (χ0n) is 7.86. The molecule has 0 saturated heterocycles. The van der Waals surface area contributed by atoms with E-state index < -0.39 is 12.0 Å². The molecule has 0 radical (unpaired) electrons. The van der Waals surface area contributed by atoms with Gasteiger partial charge in [-0.25, -0.2) is 4.79 Å². The second-order valence-electron chi connectivity index (χ2n) is 3.47. The highest BCUT2D eigenvalue weighted by Crippen LogP contribution is 2.28. The molecule has 4 heteroatoms. The Morgan fingerprint density at radius 1 is 1.38 bits per heavy atom. The van der Waals surface area contributed by atoms with Gasteiger partial charge in [0.2, 0.25) is 0 Å². The van der Waals surface area contributed by atoms with Crippen LogP contribution in [0.5, 0.6) is 0 Å². The smallest absolute Gasteiger partial charge is 0.334 e. The number of hydrogen-bond donors (Lipinski definition) is 0. The number of rotatable bonds is 3. The van der Waals surface area contributed by atoms with Crippen molar-refractivity contribution >= 4 is 5.97 Å². The lowest BCUT2D eigenvalue weighted by molar-refractivity contribution is -0.143. The summed E-state index contributed by atoms with van der Waals surface area (Å²) in [6, 6.07) is -0.773. The Labute approximate surface area is 77.6 Å². The minimum absolute atomic E-state index is 0.110. The molecule has 0 bridgehead atoms. The molecular formula is C9H15NO3. The lowest BCUT2D eigenvalue weighted by atomic mass is 9.84. The van der Waals surface area contributed by atoms with Crippen molar-refractivity contribution in [1.29, 1.82) is 0 Å². The van der Waals surface area contributed by atoms with Crippen LogP contribution < -0.4 is 0 Å². The van der Waals surface area contributed by atoms with Crippen LogP contribution in [0.2, 0.25) is 0 Å². The Hall–Kier alpha value is -0.930. The molecule has 0 aliphatic heterocycles. The third-order valence-electron chi connectivity index (χ3n) is 2.65. The number of carbonyl (C=O) groups excluding carboxylic acids is 1. The summed E-state index contributed by atoms with van der Waals surface area (Å²) >= 11 is 0. The van der Waals surface area contributed by atoms with Gasteiger partial charge in [0.1, 0.15) is 0 Å². The van der Waals surface area contributed by atoms with Crippen molar-refractivity contribution < 1.29 is 9.53 Å². The summed E-state index contributed by atoms with van der Waals surface area (Å²) < 4.78 is 4.52. The molecule has 1 aliphatic carbocycles. The van der Waals surface area contributed by atoms with Gasteiger partial charge in [-0.05, 0) is 18.8 Å². The maximum absolute atomic E-state index is 11.1. The van der Waals surface area contributed by atoms with Crippen molar-refractivity contribution in [2.45, 2.75) is 38.1 Å². The summed E-state index contributed by atoms with van der Waals surface area (Å²) in [6.07, 6.45) is 5.22. The summed E-state index contributed by atoms with van der Waals surface area (Å²) in [5, 5.41) is 2.86. The first-order valence-corrected chi connectivity index (χ1v) is 4.70. The lowest BCUT2D eigenvalue weighted by Crippen LogP contribution is -2.30. The number of nitroso groups, excluding NO2 is 1. The van der Waals surface area contributed by atoms with E-state index in [0.29, 0.717) is 0 Å². The van der Waals surface area contributed by atoms with Gasteiger partial charge in [-0.2, -0.15) is 0 Å². The standard InChI is InChI=1S/C9H15NO3/c1-13-9(11)8(10-12)7-5-3-2-4-6-7/h7-8H,2-6H2,1H3. The molecule has 1 aliphatic rings. The molecule has 0 spiro atoms. The summed E-state index contributed by atoms with van der Waals surface area (Å²) in [5.74, 6) is -0.374. The highest BCUT2D eigenvalue weighted by Gasteiger charge is 2.31. The molecule has 13 heavy (non-hydrogen) atoms. The van der Waals surface area contributed by atoms with Crippen LogP contribution in [0.15, 0.2) is 5.18 Å². The molecule has 0 heterocycles. The summed E-state index contributed by atoms with van der Waals surface area (Å²) in [6.45, 7) is 0. The van der Waals surface area contributed by atoms with Gasteiger partial charge in [0, 0.05) is 0 Å². The van der Waals surface area contributed by atoms with Crippen molar-refractivity contribution in [1.82, 2.24) is 0 Å². The summed E-state index contributed by atoms with van der Waals surface area (Å²) in [4.78, 5) is 21.6. The quantitative estimate of drug-likeness (QED) is 0.498. The number of esters is 1. The SMILES string of the molecule is COC(=O)C(N=O)C1CCCCC1. The minimum atomic E-state index is -0.773. The second kappa shape index (κ2) is 4.94. The molecule has 0 amide bonds. The van der Waals surface area contributed by atoms with Crippen molar-refractivity contribution in [2.75, 3.05) is 7.11 Å². The third-order valence-corrected chi connectivity index (χ3v) is 2.65. The van der Waals surface area contributed by atoms with Crippen LogP contribution >= 0.6 is 0 Å². The normalized spacial score (nSPS) is 20.7. The van der Waals surface area contributed by atoms with Crippen molar-refractivity contribution in [2.24, 2.45) is 11.1 Å². The molecule has 0 aromatic rings. The first-order chi connectivity index (χ1) is 6.29. The monoisotopic (exact) mass is 185 g/mol. The lowest BCUT2D eigenvalue weighted by Gasteiger charge is -2.23. The van der Waals surface area contributed by atoms with Crippen LogP contribution in [0.25, 0.3) is 0 Å². The number of carbonyl (C=O) groups is 1. The van der Waals surface area contributed by atoms with E-state index in [4.69, 9.17) is 0 Å². The average Bonchev–Trinajstić information content (AvgIpc) is 2.20. The average molecular weight is 185 g/mol. The van der Waals surface area contributed by atoms with Crippen molar-refractivity contribution in [3.63, 3.8) is 0 Å². The Balaban J connectivity index is 2.53. The van der Waals surface area contributed by atoms with Crippen LogP contribution in [-0.4, -0.2) is 19.1 Å². The molecule has 1 rings (SSSR count). The van der Waals surface area contributed by atoms with Gasteiger partial charge in [0.15, 0.2) is 6.04 Å². The largest absolute Gasteiger partial charge is 0.467 e. The van der Waals surface area contributed by atoms with Gasteiger partial charge in [-0.15, -0.1) is 4.91 Å². The van der Waals surface area contributed by atoms with E-state index in [1.54, 1.807) is 0 Å². The van der Waals surface area contributed by atoms with E-state index in [2.05, 4.69) is 9.91 Å². The van der Waals surface area contributed by atoms with Crippen LogP contribution in [-0.2, 0) is 9.53 Å². The zero-order chi connectivity index (χ0) is 9.68. The van der Waals surface area contributed by atoms with Gasteiger partial charge in [-0.3, -0.25) is 0 Å². The summed E-state index contributed by atoms with van der Waals surface area (Å²) in [5.41, 5.74) is 0. The minimum Gasteiger partial charge on any atom is -0.467 e. The molecular weight excluding hydrogens is 170 g/mol. The Morgan fingerprint density at radius 3 is 2.46 bits per heavy atom. The highest BCUT2D eigenvalue weighted by atomic mass is 16.5. The van der Waals surface area contributed by atoms with E-state index in [-0.39, 0.29) is 5.92 Å². The molecule has 0 aromatic heterocycles. The number of nitrogens with zero attached hydrogens (tertiary/aromatic N) is 1. The fourth-order valence-electron chi connectivity index (χ4n) is 1.89. The molecule has 0 aromatic carbocycles. The van der Waals surface area contributed by atoms with E-state index in [9.17, 15) is 9.70 Å². The Bertz CT molecular complexity index is 187. The van der Waals surface area contributed by atoms with Gasteiger partial charge < -0.3 is 4.74 Å². The molecule has 4 nitrogen and oxygen atoms in total. The predicted octanol–water partition coefficient (Wildman–Crippen LogP) is 1.87. The number of ether oxygens (including phenoxy) is 1. The first kappa shape index (κ1) is 10.2. The predicted molar refractivity (Wildman–Crippen MR) is 48.2 cm³/mol. The van der Waals surface area contributed by atoms with Gasteiger partial charge in [-0.1, -0.05) is 24.4 Å². The van der Waals surface area contributed by atoms with Crippen molar-refractivity contribution in [3.05, 3.63) is 4.91 Å². The topological polar surface area (TPSA) is 55.7 Å². The third kappa shape index (κ3) is 2.50. The number of hydrogen-bond acceptors (Lipinski definition) is 4. The van der Waals surface area contributed by atoms with Crippen LogP contribution in [0.3, 0.4) is 0 Å². The number of methoxy groups -OCH3 is 1. The first-order valence-electron chi connectivity index (χ1n) is 4.70. The maximum Gasteiger partial charge on any atom is 0.334 e. The van der Waals surface area contributed by atoms with Gasteiger partial charge >= 0.3 is 5.97 Å². The Morgan fingerprint density at radius 2 is 2.00 bits per heavy atom. The van der Waals surface area contributed by atoms with E-state index >= 15 is 0 Å². The molecule has 1 atom stereocenters. The molecule has 1 saturated carbocycles. The Kier molecular flexibility index (Phi) is 3.86. The van der Waals surface area contributed by atoms with Crippen LogP contribution in [0, 0.1) is 10.8 Å². The highest BCUT2D eigenvalue weighted by molar-refractivity contribution is 5.76.